The number of hydrogen-bond donors (Lipinski definition) is 1. The maximum atomic E-state index is 11.4. The Morgan fingerprint density at radius 1 is 1.50 bits per heavy atom. The maximum absolute atomic E-state index is 11.4. The van der Waals surface area contributed by atoms with E-state index >= 15 is 0 Å². The normalized spacial score (nSPS) is 59.4. The van der Waals surface area contributed by atoms with E-state index in [2.05, 4.69) is 13.8 Å². The third kappa shape index (κ3) is 0.553. The van der Waals surface area contributed by atoms with Gasteiger partial charge >= 0.3 is 5.97 Å². The Labute approximate surface area is 83.4 Å². The van der Waals surface area contributed by atoms with Crippen molar-refractivity contribution in [3.8, 4) is 0 Å². The fraction of sp³-hybridized carbons (Fsp3) is 0.909. The molecule has 2 aliphatic carbocycles. The summed E-state index contributed by atoms with van der Waals surface area (Å²) in [5.74, 6) is -0.178. The summed E-state index contributed by atoms with van der Waals surface area (Å²) in [5, 5.41) is 9.37. The molecule has 0 aromatic rings. The van der Waals surface area contributed by atoms with E-state index in [1.165, 1.54) is 6.42 Å². The molecule has 4 atom stereocenters. The Morgan fingerprint density at radius 2 is 2.21 bits per heavy atom. The maximum Gasteiger partial charge on any atom is 0.336 e. The highest BCUT2D eigenvalue weighted by Gasteiger charge is 2.78. The van der Waals surface area contributed by atoms with Gasteiger partial charge in [0.1, 0.15) is 0 Å². The van der Waals surface area contributed by atoms with Crippen molar-refractivity contribution in [2.45, 2.75) is 38.7 Å². The van der Waals surface area contributed by atoms with Crippen LogP contribution < -0.4 is 0 Å². The first-order chi connectivity index (χ1) is 6.46. The average Bonchev–Trinajstić information content (AvgIpc) is 2.58. The van der Waals surface area contributed by atoms with Gasteiger partial charge < -0.3 is 9.84 Å². The summed E-state index contributed by atoms with van der Waals surface area (Å²) in [6, 6.07) is 0. The second-order valence-corrected chi connectivity index (χ2v) is 5.61. The highest BCUT2D eigenvalue weighted by molar-refractivity contribution is 5.81. The molecule has 2 saturated carbocycles. The summed E-state index contributed by atoms with van der Waals surface area (Å²) in [7, 11) is 0. The van der Waals surface area contributed by atoms with Gasteiger partial charge in [0.05, 0.1) is 6.61 Å². The minimum Gasteiger partial charge on any atom is -0.479 e. The fourth-order valence-electron chi connectivity index (χ4n) is 4.23. The highest BCUT2D eigenvalue weighted by Crippen LogP contribution is 2.74. The fourth-order valence-corrected chi connectivity index (χ4v) is 4.23. The summed E-state index contributed by atoms with van der Waals surface area (Å²) in [6.45, 7) is 4.96. The molecule has 0 radical (unpaired) electrons. The van der Waals surface area contributed by atoms with Crippen molar-refractivity contribution in [3.05, 3.63) is 0 Å². The zero-order chi connectivity index (χ0) is 10.2. The zero-order valence-corrected chi connectivity index (χ0v) is 8.67. The van der Waals surface area contributed by atoms with Gasteiger partial charge in [0.25, 0.3) is 0 Å². The molecule has 0 spiro atoms. The number of aliphatic carboxylic acids is 1. The molecule has 0 aromatic heterocycles. The van der Waals surface area contributed by atoms with Crippen molar-refractivity contribution in [1.29, 1.82) is 0 Å². The van der Waals surface area contributed by atoms with E-state index in [0.29, 0.717) is 12.5 Å². The van der Waals surface area contributed by atoms with Crippen LogP contribution in [0.15, 0.2) is 0 Å². The van der Waals surface area contributed by atoms with Gasteiger partial charge in [-0.1, -0.05) is 13.8 Å². The molecule has 3 fully saturated rings. The molecule has 0 aromatic carbocycles. The minimum absolute atomic E-state index is 0.116. The lowest BCUT2D eigenvalue weighted by atomic mass is 9.66. The summed E-state index contributed by atoms with van der Waals surface area (Å²) < 4.78 is 5.64. The van der Waals surface area contributed by atoms with Crippen molar-refractivity contribution in [1.82, 2.24) is 0 Å². The Morgan fingerprint density at radius 3 is 2.64 bits per heavy atom. The molecule has 3 nitrogen and oxygen atoms in total. The molecule has 1 saturated heterocycles. The van der Waals surface area contributed by atoms with E-state index in [4.69, 9.17) is 4.74 Å². The molecule has 0 amide bonds. The molecule has 4 bridgehead atoms. The van der Waals surface area contributed by atoms with Crippen LogP contribution in [0.3, 0.4) is 0 Å². The molecular formula is C11H16O3. The number of rotatable bonds is 1. The number of carbonyl (C=O) groups is 1. The van der Waals surface area contributed by atoms with Gasteiger partial charge in [0, 0.05) is 10.8 Å². The van der Waals surface area contributed by atoms with Crippen LogP contribution >= 0.6 is 0 Å². The molecule has 3 rings (SSSR count). The molecule has 1 N–H and O–H groups in total. The standard InChI is InChI=1S/C11H16O3/c1-9-6-14-11(8(12)13)5-7(9)3-4-10(9,11)2/h7H,3-6H2,1-2H3,(H,12,13)/t7-,9?,10-,11?/m1/s1. The quantitative estimate of drug-likeness (QED) is 0.693. The van der Waals surface area contributed by atoms with E-state index in [0.717, 1.165) is 12.8 Å². The summed E-state index contributed by atoms with van der Waals surface area (Å²) in [4.78, 5) is 11.4. The summed E-state index contributed by atoms with van der Waals surface area (Å²) in [6.07, 6.45) is 2.93. The van der Waals surface area contributed by atoms with E-state index in [9.17, 15) is 9.90 Å². The first kappa shape index (κ1) is 8.72. The van der Waals surface area contributed by atoms with Crippen LogP contribution in [0.2, 0.25) is 0 Å². The largest absolute Gasteiger partial charge is 0.479 e. The van der Waals surface area contributed by atoms with Crippen LogP contribution in [-0.4, -0.2) is 23.3 Å². The van der Waals surface area contributed by atoms with E-state index in [1.807, 2.05) is 0 Å². The van der Waals surface area contributed by atoms with Gasteiger partial charge in [-0.2, -0.15) is 0 Å². The Hall–Kier alpha value is -0.570. The van der Waals surface area contributed by atoms with E-state index in [1.54, 1.807) is 0 Å². The Kier molecular flexibility index (Phi) is 1.25. The van der Waals surface area contributed by atoms with E-state index < -0.39 is 11.6 Å². The minimum atomic E-state index is -0.856. The van der Waals surface area contributed by atoms with Crippen molar-refractivity contribution >= 4 is 5.97 Å². The SMILES string of the molecule is CC12COC3(C(=O)O)C[C@H]1CC[C@@]32C. The molecule has 1 aliphatic heterocycles. The lowest BCUT2D eigenvalue weighted by Crippen LogP contribution is -2.49. The van der Waals surface area contributed by atoms with Crippen molar-refractivity contribution in [2.75, 3.05) is 6.61 Å². The number of ether oxygens (including phenoxy) is 1. The van der Waals surface area contributed by atoms with Gasteiger partial charge in [0.2, 0.25) is 0 Å². The number of carboxylic acid groups (broad SMARTS) is 1. The Bertz CT molecular complexity index is 326. The van der Waals surface area contributed by atoms with Crippen LogP contribution in [0.1, 0.15) is 33.1 Å². The van der Waals surface area contributed by atoms with Crippen LogP contribution in [0.5, 0.6) is 0 Å². The Balaban J connectivity index is 2.18. The van der Waals surface area contributed by atoms with E-state index in [-0.39, 0.29) is 10.8 Å². The first-order valence-electron chi connectivity index (χ1n) is 5.34. The average molecular weight is 196 g/mol. The van der Waals surface area contributed by atoms with Crippen LogP contribution in [0.25, 0.3) is 0 Å². The van der Waals surface area contributed by atoms with Gasteiger partial charge in [-0.25, -0.2) is 4.79 Å². The van der Waals surface area contributed by atoms with Gasteiger partial charge in [0.15, 0.2) is 5.60 Å². The zero-order valence-electron chi connectivity index (χ0n) is 8.67. The monoisotopic (exact) mass is 196 g/mol. The predicted molar refractivity (Wildman–Crippen MR) is 49.9 cm³/mol. The van der Waals surface area contributed by atoms with Crippen molar-refractivity contribution < 1.29 is 14.6 Å². The molecule has 1 heterocycles. The molecule has 2 unspecified atom stereocenters. The smallest absolute Gasteiger partial charge is 0.336 e. The summed E-state index contributed by atoms with van der Waals surface area (Å²) >= 11 is 0. The lowest BCUT2D eigenvalue weighted by Gasteiger charge is -2.37. The third-order valence-electron chi connectivity index (χ3n) is 5.54. The van der Waals surface area contributed by atoms with Crippen molar-refractivity contribution in [2.24, 2.45) is 16.7 Å². The molecule has 78 valence electrons. The molecule has 14 heavy (non-hydrogen) atoms. The van der Waals surface area contributed by atoms with Crippen LogP contribution in [0.4, 0.5) is 0 Å². The predicted octanol–water partition coefficient (Wildman–Crippen LogP) is 1.67. The van der Waals surface area contributed by atoms with Gasteiger partial charge in [-0.05, 0) is 25.2 Å². The topological polar surface area (TPSA) is 46.5 Å². The van der Waals surface area contributed by atoms with Gasteiger partial charge in [-0.3, -0.25) is 0 Å². The second-order valence-electron chi connectivity index (χ2n) is 5.61. The first-order valence-corrected chi connectivity index (χ1v) is 5.34. The highest BCUT2D eigenvalue weighted by atomic mass is 16.5. The van der Waals surface area contributed by atoms with Crippen molar-refractivity contribution in [3.63, 3.8) is 0 Å². The van der Waals surface area contributed by atoms with Crippen LogP contribution in [0, 0.1) is 16.7 Å². The molecule has 3 heteroatoms. The summed E-state index contributed by atoms with van der Waals surface area (Å²) in [5.41, 5.74) is -0.868. The molecular weight excluding hydrogens is 180 g/mol. The number of hydrogen-bond acceptors (Lipinski definition) is 2. The second kappa shape index (κ2) is 2.01. The number of carboxylic acids is 1. The molecule has 3 aliphatic rings. The third-order valence-corrected chi connectivity index (χ3v) is 5.54. The van der Waals surface area contributed by atoms with Gasteiger partial charge in [-0.15, -0.1) is 0 Å². The lowest BCUT2D eigenvalue weighted by molar-refractivity contribution is -0.174. The van der Waals surface area contributed by atoms with Crippen LogP contribution in [-0.2, 0) is 9.53 Å².